The van der Waals surface area contributed by atoms with Crippen LogP contribution < -0.4 is 10.6 Å². The molecular weight excluding hydrogens is 466 g/mol. The van der Waals surface area contributed by atoms with Gasteiger partial charge in [0.15, 0.2) is 0 Å². The third-order valence-corrected chi connectivity index (χ3v) is 7.62. The Labute approximate surface area is 219 Å². The van der Waals surface area contributed by atoms with E-state index in [2.05, 4.69) is 135 Å². The van der Waals surface area contributed by atoms with Gasteiger partial charge in [-0.15, -0.1) is 0 Å². The topological polar surface area (TPSA) is 57.1 Å². The van der Waals surface area contributed by atoms with Crippen molar-refractivity contribution in [2.45, 2.75) is 12.3 Å². The minimum Gasteiger partial charge on any atom is -0.354 e. The van der Waals surface area contributed by atoms with Crippen molar-refractivity contribution in [1.29, 1.82) is 0 Å². The molecule has 5 heteroatoms. The van der Waals surface area contributed by atoms with Gasteiger partial charge in [0.1, 0.15) is 12.3 Å². The van der Waals surface area contributed by atoms with Crippen LogP contribution in [0.4, 0.5) is 0 Å². The van der Waals surface area contributed by atoms with Gasteiger partial charge in [-0.1, -0.05) is 103 Å². The number of aliphatic imine (C=N–C) groups is 1. The molecule has 5 nitrogen and oxygen atoms in total. The van der Waals surface area contributed by atoms with Crippen LogP contribution in [0.15, 0.2) is 126 Å². The van der Waals surface area contributed by atoms with E-state index < -0.39 is 0 Å². The predicted molar refractivity (Wildman–Crippen MR) is 156 cm³/mol. The second kappa shape index (κ2) is 8.33. The van der Waals surface area contributed by atoms with Crippen molar-refractivity contribution in [3.8, 4) is 0 Å². The van der Waals surface area contributed by atoms with E-state index in [1.165, 1.54) is 27.1 Å². The van der Waals surface area contributed by atoms with E-state index in [9.17, 15) is 0 Å². The van der Waals surface area contributed by atoms with Crippen molar-refractivity contribution in [3.63, 3.8) is 0 Å². The normalized spacial score (nSPS) is 17.7. The highest BCUT2D eigenvalue weighted by Crippen LogP contribution is 2.38. The molecule has 8 rings (SSSR count). The summed E-state index contributed by atoms with van der Waals surface area (Å²) in [5.74, 6) is 0.827. The maximum Gasteiger partial charge on any atom is 0.206 e. The average Bonchev–Trinajstić information content (AvgIpc) is 3.53. The molecule has 2 atom stereocenters. The lowest BCUT2D eigenvalue weighted by molar-refractivity contribution is 0.403. The van der Waals surface area contributed by atoms with Crippen molar-refractivity contribution < 1.29 is 0 Å². The molecular formula is C33H25N5. The predicted octanol–water partition coefficient (Wildman–Crippen LogP) is 7.22. The van der Waals surface area contributed by atoms with Gasteiger partial charge in [0.2, 0.25) is 5.96 Å². The van der Waals surface area contributed by atoms with Gasteiger partial charge in [0.05, 0.1) is 16.6 Å². The van der Waals surface area contributed by atoms with Crippen molar-refractivity contribution in [1.82, 2.24) is 20.2 Å². The first-order chi connectivity index (χ1) is 18.8. The molecule has 2 aromatic heterocycles. The molecule has 2 unspecified atom stereocenters. The number of H-pyrrole nitrogens is 1. The third-order valence-electron chi connectivity index (χ3n) is 7.62. The van der Waals surface area contributed by atoms with Crippen LogP contribution >= 0.6 is 0 Å². The summed E-state index contributed by atoms with van der Waals surface area (Å²) >= 11 is 0. The molecule has 0 aliphatic carbocycles. The lowest BCUT2D eigenvalue weighted by Crippen LogP contribution is -2.47. The molecule has 3 heterocycles. The van der Waals surface area contributed by atoms with E-state index >= 15 is 0 Å². The number of rotatable bonds is 2. The molecule has 1 aliphatic rings. The van der Waals surface area contributed by atoms with Crippen LogP contribution in [0.2, 0.25) is 0 Å². The number of nitrogens with zero attached hydrogens (tertiary/aromatic N) is 2. The van der Waals surface area contributed by atoms with E-state index in [-0.39, 0.29) is 12.3 Å². The second-order valence-corrected chi connectivity index (χ2v) is 9.83. The molecule has 3 N–H and O–H groups in total. The van der Waals surface area contributed by atoms with Gasteiger partial charge >= 0.3 is 0 Å². The summed E-state index contributed by atoms with van der Waals surface area (Å²) < 4.78 is 2.28. The SMILES string of the molecule is c1ccc(C2N=C(n3c4ccccc4c4c5[nH]c6ccccc6c5ccc43)NC(c3ccccc3)N2)cc1. The molecule has 1 aliphatic heterocycles. The fourth-order valence-electron chi connectivity index (χ4n) is 5.88. The number of para-hydroxylation sites is 2. The number of aromatic nitrogens is 2. The Morgan fingerprint density at radius 3 is 2.08 bits per heavy atom. The van der Waals surface area contributed by atoms with Gasteiger partial charge in [-0.2, -0.15) is 0 Å². The quantitative estimate of drug-likeness (QED) is 0.239. The Kier molecular flexibility index (Phi) is 4.66. The first-order valence-electron chi connectivity index (χ1n) is 13.0. The highest BCUT2D eigenvalue weighted by atomic mass is 15.4. The highest BCUT2D eigenvalue weighted by molar-refractivity contribution is 6.26. The van der Waals surface area contributed by atoms with Gasteiger partial charge in [-0.25, -0.2) is 4.99 Å². The van der Waals surface area contributed by atoms with Gasteiger partial charge in [0, 0.05) is 27.1 Å². The molecule has 0 saturated heterocycles. The Morgan fingerprint density at radius 1 is 0.579 bits per heavy atom. The van der Waals surface area contributed by atoms with Crippen LogP contribution in [-0.2, 0) is 0 Å². The maximum absolute atomic E-state index is 5.24. The molecule has 5 aromatic carbocycles. The number of hydrogen-bond acceptors (Lipinski definition) is 3. The molecule has 38 heavy (non-hydrogen) atoms. The van der Waals surface area contributed by atoms with E-state index in [4.69, 9.17) is 4.99 Å². The number of nitrogens with one attached hydrogen (secondary N) is 3. The van der Waals surface area contributed by atoms with Gasteiger partial charge < -0.3 is 10.3 Å². The van der Waals surface area contributed by atoms with E-state index in [1.807, 2.05) is 6.07 Å². The lowest BCUT2D eigenvalue weighted by Gasteiger charge is -2.32. The summed E-state index contributed by atoms with van der Waals surface area (Å²) in [6, 6.07) is 42.5. The highest BCUT2D eigenvalue weighted by Gasteiger charge is 2.27. The lowest BCUT2D eigenvalue weighted by atomic mass is 10.1. The van der Waals surface area contributed by atoms with Gasteiger partial charge in [-0.3, -0.25) is 9.88 Å². The standard InChI is InChI=1S/C33H25N5/c1-3-11-21(12-4-1)31-35-32(22-13-5-2-6-14-22)37-33(36-31)38-27-18-10-8-16-25(27)29-28(38)20-19-24-23-15-7-9-17-26(23)34-30(24)29/h1-20,31-32,34-35H,(H,36,37). The van der Waals surface area contributed by atoms with E-state index in [0.29, 0.717) is 0 Å². The fraction of sp³-hybridized carbons (Fsp3) is 0.0606. The summed E-state index contributed by atoms with van der Waals surface area (Å²) in [6.07, 6.45) is -0.285. The zero-order valence-corrected chi connectivity index (χ0v) is 20.6. The van der Waals surface area contributed by atoms with E-state index in [0.717, 1.165) is 33.6 Å². The molecule has 182 valence electrons. The van der Waals surface area contributed by atoms with Crippen molar-refractivity contribution in [3.05, 3.63) is 132 Å². The molecule has 0 spiro atoms. The van der Waals surface area contributed by atoms with Crippen LogP contribution in [0.25, 0.3) is 43.6 Å². The zero-order chi connectivity index (χ0) is 25.1. The number of benzene rings is 5. The first-order valence-corrected chi connectivity index (χ1v) is 13.0. The molecule has 0 amide bonds. The third kappa shape index (κ3) is 3.19. The Balaban J connectivity index is 1.40. The number of hydrogen-bond donors (Lipinski definition) is 3. The molecule has 0 bridgehead atoms. The summed E-state index contributed by atoms with van der Waals surface area (Å²) in [4.78, 5) is 8.95. The van der Waals surface area contributed by atoms with Crippen LogP contribution in [0.1, 0.15) is 23.5 Å². The van der Waals surface area contributed by atoms with E-state index in [1.54, 1.807) is 0 Å². The Bertz CT molecular complexity index is 1980. The summed E-state index contributed by atoms with van der Waals surface area (Å²) in [7, 11) is 0. The first kappa shape index (κ1) is 21.2. The smallest absolute Gasteiger partial charge is 0.206 e. The number of fused-ring (bicyclic) bond motifs is 7. The van der Waals surface area contributed by atoms with Crippen LogP contribution in [0, 0.1) is 0 Å². The minimum absolute atomic E-state index is 0.0954. The van der Waals surface area contributed by atoms with Gasteiger partial charge in [-0.05, 0) is 29.3 Å². The fourth-order valence-corrected chi connectivity index (χ4v) is 5.88. The monoisotopic (exact) mass is 491 g/mol. The summed E-state index contributed by atoms with van der Waals surface area (Å²) in [6.45, 7) is 0. The second-order valence-electron chi connectivity index (χ2n) is 9.83. The molecule has 0 fully saturated rings. The van der Waals surface area contributed by atoms with Crippen LogP contribution in [0.3, 0.4) is 0 Å². The van der Waals surface area contributed by atoms with Crippen molar-refractivity contribution in [2.24, 2.45) is 4.99 Å². The molecule has 7 aromatic rings. The van der Waals surface area contributed by atoms with Crippen molar-refractivity contribution >= 4 is 49.6 Å². The van der Waals surface area contributed by atoms with Crippen LogP contribution in [-0.4, -0.2) is 15.5 Å². The van der Waals surface area contributed by atoms with Crippen molar-refractivity contribution in [2.75, 3.05) is 0 Å². The average molecular weight is 492 g/mol. The van der Waals surface area contributed by atoms with Crippen LogP contribution in [0.5, 0.6) is 0 Å². The van der Waals surface area contributed by atoms with Gasteiger partial charge in [0.25, 0.3) is 0 Å². The summed E-state index contributed by atoms with van der Waals surface area (Å²) in [5, 5.41) is 12.3. The largest absolute Gasteiger partial charge is 0.354 e. The zero-order valence-electron chi connectivity index (χ0n) is 20.6. The Hall–Kier alpha value is -4.87. The summed E-state index contributed by atoms with van der Waals surface area (Å²) in [5.41, 5.74) is 6.85. The minimum atomic E-state index is -0.189. The molecule has 0 radical (unpaired) electrons. The number of aromatic amines is 1. The molecule has 0 saturated carbocycles. The Morgan fingerprint density at radius 2 is 1.26 bits per heavy atom. The maximum atomic E-state index is 5.24.